The normalized spacial score (nSPS) is 16.1. The van der Waals surface area contributed by atoms with Crippen molar-refractivity contribution >= 4 is 16.5 Å². The van der Waals surface area contributed by atoms with Crippen LogP contribution in [0.2, 0.25) is 0 Å². The first-order valence-electron chi connectivity index (χ1n) is 5.06. The van der Waals surface area contributed by atoms with Crippen LogP contribution in [0.1, 0.15) is 31.9 Å². The van der Waals surface area contributed by atoms with Gasteiger partial charge in [0.1, 0.15) is 0 Å². The summed E-state index contributed by atoms with van der Waals surface area (Å²) in [6.07, 6.45) is 5.25. The summed E-state index contributed by atoms with van der Waals surface area (Å²) in [6, 6.07) is 0. The summed E-state index contributed by atoms with van der Waals surface area (Å²) in [7, 11) is 0. The molecule has 13 heavy (non-hydrogen) atoms. The van der Waals surface area contributed by atoms with Crippen LogP contribution in [-0.4, -0.2) is 11.5 Å². The molecule has 1 heterocycles. The third-order valence-corrected chi connectivity index (χ3v) is 3.29. The fraction of sp³-hybridized carbons (Fsp3) is 0.700. The largest absolute Gasteiger partial charge is 0.362 e. The molecule has 72 valence electrons. The molecule has 1 aromatic rings. The van der Waals surface area contributed by atoms with E-state index >= 15 is 0 Å². The Bertz CT molecular complexity index is 266. The lowest BCUT2D eigenvalue weighted by Crippen LogP contribution is -2.01. The summed E-state index contributed by atoms with van der Waals surface area (Å²) in [4.78, 5) is 4.45. The number of thiazole rings is 1. The maximum Gasteiger partial charge on any atom is 0.182 e. The molecule has 0 atom stereocenters. The molecule has 3 heteroatoms. The third kappa shape index (κ3) is 2.69. The van der Waals surface area contributed by atoms with Gasteiger partial charge in [-0.05, 0) is 18.8 Å². The second-order valence-electron chi connectivity index (χ2n) is 3.66. The van der Waals surface area contributed by atoms with E-state index in [9.17, 15) is 0 Å². The van der Waals surface area contributed by atoms with Crippen LogP contribution in [0.4, 0.5) is 5.13 Å². The van der Waals surface area contributed by atoms with E-state index in [2.05, 4.69) is 22.6 Å². The van der Waals surface area contributed by atoms with E-state index in [-0.39, 0.29) is 0 Å². The molecule has 0 radical (unpaired) electrons. The Morgan fingerprint density at radius 2 is 2.46 bits per heavy atom. The zero-order valence-electron chi connectivity index (χ0n) is 8.05. The molecule has 1 aliphatic carbocycles. The van der Waals surface area contributed by atoms with E-state index in [0.29, 0.717) is 0 Å². The Morgan fingerprint density at radius 1 is 1.62 bits per heavy atom. The van der Waals surface area contributed by atoms with Crippen LogP contribution < -0.4 is 5.32 Å². The number of nitrogens with zero attached hydrogens (tertiary/aromatic N) is 1. The molecular formula is C10H16N2S. The quantitative estimate of drug-likeness (QED) is 0.783. The second kappa shape index (κ2) is 4.09. The summed E-state index contributed by atoms with van der Waals surface area (Å²) >= 11 is 1.72. The van der Waals surface area contributed by atoms with Gasteiger partial charge in [-0.1, -0.05) is 19.8 Å². The van der Waals surface area contributed by atoms with Crippen LogP contribution >= 0.6 is 11.3 Å². The average molecular weight is 196 g/mol. The minimum atomic E-state index is 1.01. The number of hydrogen-bond acceptors (Lipinski definition) is 3. The Kier molecular flexibility index (Phi) is 2.83. The molecule has 2 rings (SSSR count). The molecule has 0 saturated heterocycles. The molecule has 1 N–H and O–H groups in total. The van der Waals surface area contributed by atoms with Gasteiger partial charge in [0, 0.05) is 11.9 Å². The van der Waals surface area contributed by atoms with Gasteiger partial charge in [0.05, 0.1) is 5.69 Å². The van der Waals surface area contributed by atoms with E-state index in [1.807, 2.05) is 0 Å². The second-order valence-corrected chi connectivity index (χ2v) is 4.51. The van der Waals surface area contributed by atoms with E-state index in [0.717, 1.165) is 24.0 Å². The van der Waals surface area contributed by atoms with E-state index < -0.39 is 0 Å². The van der Waals surface area contributed by atoms with Crippen molar-refractivity contribution in [3.8, 4) is 0 Å². The van der Waals surface area contributed by atoms with E-state index in [4.69, 9.17) is 0 Å². The predicted molar refractivity (Wildman–Crippen MR) is 57.3 cm³/mol. The molecule has 1 saturated carbocycles. The zero-order valence-corrected chi connectivity index (χ0v) is 8.86. The van der Waals surface area contributed by atoms with Gasteiger partial charge in [0.15, 0.2) is 5.13 Å². The standard InChI is InChI=1S/C10H16N2S/c1-2-9-7-13-10(12-9)11-6-5-8-3-4-8/h7-8H,2-6H2,1H3,(H,11,12). The number of rotatable bonds is 5. The predicted octanol–water partition coefficient (Wildman–Crippen LogP) is 2.92. The van der Waals surface area contributed by atoms with Crippen molar-refractivity contribution < 1.29 is 0 Å². The highest BCUT2D eigenvalue weighted by molar-refractivity contribution is 7.13. The fourth-order valence-corrected chi connectivity index (χ4v) is 2.16. The van der Waals surface area contributed by atoms with Gasteiger partial charge in [-0.3, -0.25) is 0 Å². The molecule has 0 spiro atoms. The Labute approximate surface area is 83.4 Å². The minimum Gasteiger partial charge on any atom is -0.362 e. The third-order valence-electron chi connectivity index (χ3n) is 2.44. The van der Waals surface area contributed by atoms with Crippen LogP contribution in [0.5, 0.6) is 0 Å². The van der Waals surface area contributed by atoms with Crippen LogP contribution in [0.25, 0.3) is 0 Å². The molecule has 1 fully saturated rings. The van der Waals surface area contributed by atoms with Gasteiger partial charge in [-0.15, -0.1) is 11.3 Å². The van der Waals surface area contributed by atoms with Crippen molar-refractivity contribution in [1.82, 2.24) is 4.98 Å². The fourth-order valence-electron chi connectivity index (χ4n) is 1.34. The van der Waals surface area contributed by atoms with Crippen LogP contribution in [0.3, 0.4) is 0 Å². The number of anilines is 1. The Balaban J connectivity index is 1.72. The molecule has 1 aromatic heterocycles. The first kappa shape index (κ1) is 9.00. The SMILES string of the molecule is CCc1csc(NCCC2CC2)n1. The number of nitrogens with one attached hydrogen (secondary N) is 1. The first-order valence-corrected chi connectivity index (χ1v) is 5.94. The summed E-state index contributed by atoms with van der Waals surface area (Å²) in [5.74, 6) is 1.01. The molecule has 0 aromatic carbocycles. The lowest BCUT2D eigenvalue weighted by atomic mass is 10.3. The van der Waals surface area contributed by atoms with Gasteiger partial charge in [0.25, 0.3) is 0 Å². The number of hydrogen-bond donors (Lipinski definition) is 1. The van der Waals surface area contributed by atoms with Crippen LogP contribution in [0.15, 0.2) is 5.38 Å². The monoisotopic (exact) mass is 196 g/mol. The van der Waals surface area contributed by atoms with Crippen molar-refractivity contribution in [3.05, 3.63) is 11.1 Å². The Hall–Kier alpha value is -0.570. The van der Waals surface area contributed by atoms with Crippen LogP contribution in [-0.2, 0) is 6.42 Å². The summed E-state index contributed by atoms with van der Waals surface area (Å²) < 4.78 is 0. The minimum absolute atomic E-state index is 1.01. The van der Waals surface area contributed by atoms with Crippen molar-refractivity contribution in [1.29, 1.82) is 0 Å². The van der Waals surface area contributed by atoms with E-state index in [1.165, 1.54) is 25.0 Å². The van der Waals surface area contributed by atoms with Crippen molar-refractivity contribution in [2.45, 2.75) is 32.6 Å². The molecule has 0 aliphatic heterocycles. The lowest BCUT2D eigenvalue weighted by molar-refractivity contribution is 0.759. The highest BCUT2D eigenvalue weighted by Crippen LogP contribution is 2.32. The average Bonchev–Trinajstić information content (AvgIpc) is 2.84. The molecule has 0 bridgehead atoms. The van der Waals surface area contributed by atoms with Gasteiger partial charge in [-0.2, -0.15) is 0 Å². The summed E-state index contributed by atoms with van der Waals surface area (Å²) in [5.41, 5.74) is 1.21. The smallest absolute Gasteiger partial charge is 0.182 e. The first-order chi connectivity index (χ1) is 6.38. The summed E-state index contributed by atoms with van der Waals surface area (Å²) in [6.45, 7) is 3.24. The topological polar surface area (TPSA) is 24.9 Å². The van der Waals surface area contributed by atoms with Gasteiger partial charge in [-0.25, -0.2) is 4.98 Å². The molecule has 0 amide bonds. The number of aromatic nitrogens is 1. The maximum atomic E-state index is 4.45. The molecule has 2 nitrogen and oxygen atoms in total. The van der Waals surface area contributed by atoms with Crippen molar-refractivity contribution in [3.63, 3.8) is 0 Å². The molecule has 1 aliphatic rings. The van der Waals surface area contributed by atoms with Gasteiger partial charge >= 0.3 is 0 Å². The van der Waals surface area contributed by atoms with Crippen LogP contribution in [0, 0.1) is 5.92 Å². The highest BCUT2D eigenvalue weighted by atomic mass is 32.1. The van der Waals surface area contributed by atoms with Crippen molar-refractivity contribution in [2.75, 3.05) is 11.9 Å². The lowest BCUT2D eigenvalue weighted by Gasteiger charge is -1.99. The maximum absolute atomic E-state index is 4.45. The Morgan fingerprint density at radius 3 is 3.08 bits per heavy atom. The van der Waals surface area contributed by atoms with Gasteiger partial charge in [0.2, 0.25) is 0 Å². The number of aryl methyl sites for hydroxylation is 1. The van der Waals surface area contributed by atoms with Gasteiger partial charge < -0.3 is 5.32 Å². The molecular weight excluding hydrogens is 180 g/mol. The van der Waals surface area contributed by atoms with Crippen molar-refractivity contribution in [2.24, 2.45) is 5.92 Å². The molecule has 0 unspecified atom stereocenters. The highest BCUT2D eigenvalue weighted by Gasteiger charge is 2.20. The van der Waals surface area contributed by atoms with E-state index in [1.54, 1.807) is 11.3 Å². The zero-order chi connectivity index (χ0) is 9.10. The summed E-state index contributed by atoms with van der Waals surface area (Å²) in [5, 5.41) is 6.61.